The second-order valence-corrected chi connectivity index (χ2v) is 8.77. The topological polar surface area (TPSA) is 56.4 Å². The van der Waals surface area contributed by atoms with E-state index in [1.165, 1.54) is 5.39 Å². The van der Waals surface area contributed by atoms with Crippen molar-refractivity contribution >= 4 is 51.7 Å². The lowest BCUT2D eigenvalue weighted by Crippen LogP contribution is -2.50. The van der Waals surface area contributed by atoms with Gasteiger partial charge >= 0.3 is 0 Å². The SMILES string of the molecule is C=C(C(=O)N1CCN(C(C)=O)CC1)c1ccc(Sc2ccc3cc[nH]c3c2)c(Cl)c1. The molecule has 5 nitrogen and oxygen atoms in total. The van der Waals surface area contributed by atoms with Crippen LogP contribution in [0.5, 0.6) is 0 Å². The number of H-pyrrole nitrogens is 1. The van der Waals surface area contributed by atoms with Crippen LogP contribution in [-0.2, 0) is 9.59 Å². The molecule has 7 heteroatoms. The maximum absolute atomic E-state index is 12.8. The third-order valence-corrected chi connectivity index (χ3v) is 6.80. The largest absolute Gasteiger partial charge is 0.361 e. The van der Waals surface area contributed by atoms with Crippen molar-refractivity contribution in [1.82, 2.24) is 14.8 Å². The maximum atomic E-state index is 12.8. The Bertz CT molecular complexity index is 1130. The maximum Gasteiger partial charge on any atom is 0.253 e. The number of piperazine rings is 1. The third-order valence-electron chi connectivity index (χ3n) is 5.31. The Morgan fingerprint density at radius 3 is 2.47 bits per heavy atom. The molecule has 1 aromatic heterocycles. The minimum Gasteiger partial charge on any atom is -0.361 e. The predicted octanol–water partition coefficient (Wildman–Crippen LogP) is 4.68. The fourth-order valence-corrected chi connectivity index (χ4v) is 4.68. The van der Waals surface area contributed by atoms with Crippen LogP contribution in [0.2, 0.25) is 5.02 Å². The van der Waals surface area contributed by atoms with E-state index in [1.807, 2.05) is 24.4 Å². The zero-order valence-electron chi connectivity index (χ0n) is 16.7. The van der Waals surface area contributed by atoms with Crippen molar-refractivity contribution < 1.29 is 9.59 Å². The Kier molecular flexibility index (Phi) is 5.88. The molecule has 0 atom stereocenters. The molecule has 30 heavy (non-hydrogen) atoms. The number of halogens is 1. The molecule has 0 saturated carbocycles. The monoisotopic (exact) mass is 439 g/mol. The molecule has 4 rings (SSSR count). The molecule has 2 amide bonds. The van der Waals surface area contributed by atoms with Crippen LogP contribution < -0.4 is 0 Å². The van der Waals surface area contributed by atoms with Gasteiger partial charge in [0.05, 0.1) is 5.02 Å². The van der Waals surface area contributed by atoms with Crippen LogP contribution in [-0.4, -0.2) is 52.8 Å². The number of carbonyl (C=O) groups excluding carboxylic acids is 2. The van der Waals surface area contributed by atoms with Crippen LogP contribution in [0.15, 0.2) is 65.0 Å². The molecule has 0 radical (unpaired) electrons. The van der Waals surface area contributed by atoms with Crippen molar-refractivity contribution in [3.8, 4) is 0 Å². The van der Waals surface area contributed by atoms with Crippen LogP contribution >= 0.6 is 23.4 Å². The molecular formula is C23H22ClN3O2S. The first-order valence-corrected chi connectivity index (χ1v) is 10.9. The van der Waals surface area contributed by atoms with Gasteiger partial charge in [0.25, 0.3) is 5.91 Å². The predicted molar refractivity (Wildman–Crippen MR) is 122 cm³/mol. The van der Waals surface area contributed by atoms with E-state index in [1.54, 1.807) is 34.6 Å². The lowest BCUT2D eigenvalue weighted by Gasteiger charge is -2.34. The smallest absolute Gasteiger partial charge is 0.253 e. The highest BCUT2D eigenvalue weighted by Gasteiger charge is 2.24. The standard InChI is InChI=1S/C23H22ClN3O2S/c1-15(23(29)27-11-9-26(10-12-27)16(2)28)18-4-6-22(20(24)13-18)30-19-5-3-17-7-8-25-21(17)14-19/h3-8,13-14,25H,1,9-12H2,2H3. The second-order valence-electron chi connectivity index (χ2n) is 7.25. The summed E-state index contributed by atoms with van der Waals surface area (Å²) in [4.78, 5) is 33.0. The fourth-order valence-electron chi connectivity index (χ4n) is 3.53. The van der Waals surface area contributed by atoms with Gasteiger partial charge in [-0.2, -0.15) is 0 Å². The molecule has 154 valence electrons. The summed E-state index contributed by atoms with van der Waals surface area (Å²) >= 11 is 8.10. The van der Waals surface area contributed by atoms with Crippen molar-refractivity contribution in [2.24, 2.45) is 0 Å². The first-order valence-electron chi connectivity index (χ1n) is 9.71. The molecule has 1 fully saturated rings. The van der Waals surface area contributed by atoms with E-state index >= 15 is 0 Å². The molecule has 1 saturated heterocycles. The number of amides is 2. The number of aromatic amines is 1. The van der Waals surface area contributed by atoms with Crippen LogP contribution in [0.3, 0.4) is 0 Å². The van der Waals surface area contributed by atoms with Crippen molar-refractivity contribution in [2.75, 3.05) is 26.2 Å². The number of fused-ring (bicyclic) bond motifs is 1. The van der Waals surface area contributed by atoms with Crippen LogP contribution in [0.1, 0.15) is 12.5 Å². The Morgan fingerprint density at radius 2 is 1.77 bits per heavy atom. The van der Waals surface area contributed by atoms with Gasteiger partial charge in [-0.25, -0.2) is 0 Å². The van der Waals surface area contributed by atoms with Crippen molar-refractivity contribution in [3.05, 3.63) is 65.8 Å². The lowest BCUT2D eigenvalue weighted by atomic mass is 10.1. The van der Waals surface area contributed by atoms with Crippen molar-refractivity contribution in [1.29, 1.82) is 0 Å². The first-order chi connectivity index (χ1) is 14.4. The number of nitrogens with one attached hydrogen (secondary N) is 1. The normalized spacial score (nSPS) is 14.2. The average molecular weight is 440 g/mol. The quantitative estimate of drug-likeness (QED) is 0.600. The van der Waals surface area contributed by atoms with Crippen LogP contribution in [0.25, 0.3) is 16.5 Å². The highest BCUT2D eigenvalue weighted by atomic mass is 35.5. The number of hydrogen-bond donors (Lipinski definition) is 1. The Balaban J connectivity index is 1.45. The molecular weight excluding hydrogens is 418 g/mol. The van der Waals surface area contributed by atoms with Crippen molar-refractivity contribution in [3.63, 3.8) is 0 Å². The van der Waals surface area contributed by atoms with Gasteiger partial charge in [0.1, 0.15) is 0 Å². The second kappa shape index (κ2) is 8.58. The van der Waals surface area contributed by atoms with E-state index in [4.69, 9.17) is 11.6 Å². The van der Waals surface area contributed by atoms with Gasteiger partial charge < -0.3 is 14.8 Å². The Hall–Kier alpha value is -2.70. The van der Waals surface area contributed by atoms with E-state index in [0.29, 0.717) is 42.3 Å². The van der Waals surface area contributed by atoms with E-state index in [-0.39, 0.29) is 11.8 Å². The minimum atomic E-state index is -0.119. The Morgan fingerprint density at radius 1 is 1.03 bits per heavy atom. The van der Waals surface area contributed by atoms with Crippen LogP contribution in [0, 0.1) is 0 Å². The number of nitrogens with zero attached hydrogens (tertiary/aromatic N) is 2. The van der Waals surface area contributed by atoms with Gasteiger partial charge in [0.15, 0.2) is 0 Å². The van der Waals surface area contributed by atoms with E-state index in [0.717, 1.165) is 15.3 Å². The highest BCUT2D eigenvalue weighted by Crippen LogP contribution is 2.36. The summed E-state index contributed by atoms with van der Waals surface area (Å²) in [6.45, 7) is 7.68. The minimum absolute atomic E-state index is 0.0382. The van der Waals surface area contributed by atoms with Gasteiger partial charge in [-0.1, -0.05) is 42.1 Å². The summed E-state index contributed by atoms with van der Waals surface area (Å²) in [6.07, 6.45) is 1.92. The van der Waals surface area contributed by atoms with E-state index in [2.05, 4.69) is 29.8 Å². The molecule has 1 N–H and O–H groups in total. The summed E-state index contributed by atoms with van der Waals surface area (Å²) in [5, 5.41) is 1.75. The number of aromatic nitrogens is 1. The van der Waals surface area contributed by atoms with E-state index in [9.17, 15) is 9.59 Å². The lowest BCUT2D eigenvalue weighted by molar-refractivity contribution is -0.135. The molecule has 0 unspecified atom stereocenters. The van der Waals surface area contributed by atoms with Gasteiger partial charge in [-0.15, -0.1) is 0 Å². The number of benzene rings is 2. The van der Waals surface area contributed by atoms with E-state index < -0.39 is 0 Å². The molecule has 2 heterocycles. The van der Waals surface area contributed by atoms with Crippen LogP contribution in [0.4, 0.5) is 0 Å². The molecule has 3 aromatic rings. The van der Waals surface area contributed by atoms with Gasteiger partial charge in [0, 0.05) is 60.2 Å². The molecule has 2 aromatic carbocycles. The van der Waals surface area contributed by atoms with Gasteiger partial charge in [-0.3, -0.25) is 9.59 Å². The molecule has 0 spiro atoms. The van der Waals surface area contributed by atoms with Gasteiger partial charge in [0.2, 0.25) is 5.91 Å². The molecule has 1 aliphatic heterocycles. The number of carbonyl (C=O) groups is 2. The summed E-state index contributed by atoms with van der Waals surface area (Å²) < 4.78 is 0. The number of rotatable bonds is 4. The number of hydrogen-bond acceptors (Lipinski definition) is 3. The fraction of sp³-hybridized carbons (Fsp3) is 0.217. The Labute approximate surface area is 184 Å². The molecule has 0 bridgehead atoms. The highest BCUT2D eigenvalue weighted by molar-refractivity contribution is 7.99. The van der Waals surface area contributed by atoms with Crippen molar-refractivity contribution in [2.45, 2.75) is 16.7 Å². The summed E-state index contributed by atoms with van der Waals surface area (Å²) in [6, 6.07) is 13.9. The summed E-state index contributed by atoms with van der Waals surface area (Å²) in [5.74, 6) is -0.0805. The zero-order valence-corrected chi connectivity index (χ0v) is 18.2. The summed E-state index contributed by atoms with van der Waals surface area (Å²) in [7, 11) is 0. The summed E-state index contributed by atoms with van der Waals surface area (Å²) in [5.41, 5.74) is 2.21. The first kappa shape index (κ1) is 20.6. The molecule has 0 aliphatic carbocycles. The average Bonchev–Trinajstić information content (AvgIpc) is 3.22. The zero-order chi connectivity index (χ0) is 21.3. The van der Waals surface area contributed by atoms with Gasteiger partial charge in [-0.05, 0) is 41.3 Å². The third kappa shape index (κ3) is 4.25. The molecule has 1 aliphatic rings.